The van der Waals surface area contributed by atoms with Crippen molar-refractivity contribution in [2.24, 2.45) is 12.8 Å². The zero-order valence-electron chi connectivity index (χ0n) is 16.9. The van der Waals surface area contributed by atoms with Crippen LogP contribution in [0.25, 0.3) is 11.5 Å². The van der Waals surface area contributed by atoms with Crippen LogP contribution in [0.3, 0.4) is 0 Å². The Morgan fingerprint density at radius 3 is 2.71 bits per heavy atom. The van der Waals surface area contributed by atoms with Gasteiger partial charge in [0, 0.05) is 26.4 Å². The number of nitrogens with zero attached hydrogens (tertiary/aromatic N) is 6. The smallest absolute Gasteiger partial charge is 0.254 e. The van der Waals surface area contributed by atoms with Gasteiger partial charge in [0.1, 0.15) is 11.4 Å². The van der Waals surface area contributed by atoms with Crippen molar-refractivity contribution in [3.05, 3.63) is 48.2 Å². The summed E-state index contributed by atoms with van der Waals surface area (Å²) in [6, 6.07) is 5.31. The topological polar surface area (TPSA) is 159 Å². The first-order valence-electron chi connectivity index (χ1n) is 9.11. The number of aryl methyl sites for hydroxylation is 2. The Hall–Kier alpha value is -4.48. The summed E-state index contributed by atoms with van der Waals surface area (Å²) < 4.78 is 12.7. The highest BCUT2D eigenvalue weighted by Crippen LogP contribution is 2.37. The van der Waals surface area contributed by atoms with Gasteiger partial charge in [-0.25, -0.2) is 4.98 Å². The molecule has 12 heteroatoms. The predicted octanol–water partition coefficient (Wildman–Crippen LogP) is 2.16. The molecule has 0 bridgehead atoms. The molecular weight excluding hydrogens is 402 g/mol. The van der Waals surface area contributed by atoms with E-state index in [1.807, 2.05) is 0 Å². The number of benzene rings is 1. The minimum Gasteiger partial charge on any atom is -0.494 e. The quantitative estimate of drug-likeness (QED) is 0.403. The lowest BCUT2D eigenvalue weighted by molar-refractivity contribution is 0.100. The fraction of sp³-hybridized carbons (Fsp3) is 0.158. The third-order valence-electron chi connectivity index (χ3n) is 4.24. The van der Waals surface area contributed by atoms with E-state index in [9.17, 15) is 4.79 Å². The van der Waals surface area contributed by atoms with E-state index in [0.717, 1.165) is 0 Å². The van der Waals surface area contributed by atoms with E-state index in [1.165, 1.54) is 13.3 Å². The van der Waals surface area contributed by atoms with Gasteiger partial charge in [-0.05, 0) is 12.1 Å². The van der Waals surface area contributed by atoms with Crippen LogP contribution in [0.1, 0.15) is 16.2 Å². The van der Waals surface area contributed by atoms with Crippen molar-refractivity contribution in [3.63, 3.8) is 0 Å². The maximum Gasteiger partial charge on any atom is 0.254 e. The van der Waals surface area contributed by atoms with Crippen LogP contribution in [0.15, 0.2) is 41.2 Å². The normalized spacial score (nSPS) is 10.7. The van der Waals surface area contributed by atoms with Crippen LogP contribution in [0.5, 0.6) is 5.75 Å². The molecule has 1 aromatic carbocycles. The maximum absolute atomic E-state index is 11.9. The van der Waals surface area contributed by atoms with Gasteiger partial charge in [0.2, 0.25) is 11.8 Å². The second-order valence-corrected chi connectivity index (χ2v) is 6.49. The van der Waals surface area contributed by atoms with Gasteiger partial charge in [0.05, 0.1) is 30.2 Å². The molecule has 0 saturated carbocycles. The summed E-state index contributed by atoms with van der Waals surface area (Å²) in [5, 5.41) is 18.1. The Labute approximate surface area is 176 Å². The molecule has 4 rings (SSSR count). The maximum atomic E-state index is 11.9. The van der Waals surface area contributed by atoms with E-state index < -0.39 is 5.91 Å². The van der Waals surface area contributed by atoms with E-state index in [0.29, 0.717) is 34.5 Å². The molecule has 1 amide bonds. The molecule has 4 aromatic rings. The summed E-state index contributed by atoms with van der Waals surface area (Å²) in [7, 11) is 3.30. The standard InChI is InChI=1S/C19H19N9O3/c1-10-26-27-18(31-10)12-5-4-6-14(15(12)30-3)24-17-13(16(20)29)8-21-19(25-17)23-11-7-22-28(2)9-11/h4-9H,1-3H3,(H2,20,29)(H2,21,23,24,25). The number of primary amides is 1. The van der Waals surface area contributed by atoms with Crippen molar-refractivity contribution in [2.75, 3.05) is 17.7 Å². The summed E-state index contributed by atoms with van der Waals surface area (Å²) in [5.74, 6) is 0.928. The Bertz CT molecular complexity index is 1250. The fourth-order valence-corrected chi connectivity index (χ4v) is 2.89. The first-order chi connectivity index (χ1) is 14.9. The van der Waals surface area contributed by atoms with Gasteiger partial charge >= 0.3 is 0 Å². The molecule has 12 nitrogen and oxygen atoms in total. The highest BCUT2D eigenvalue weighted by Gasteiger charge is 2.19. The van der Waals surface area contributed by atoms with Crippen LogP contribution in [0, 0.1) is 6.92 Å². The molecule has 0 unspecified atom stereocenters. The molecule has 0 aliphatic rings. The summed E-state index contributed by atoms with van der Waals surface area (Å²) in [6.45, 7) is 1.70. The summed E-state index contributed by atoms with van der Waals surface area (Å²) >= 11 is 0. The number of nitrogens with two attached hydrogens (primary N) is 1. The third kappa shape index (κ3) is 4.12. The van der Waals surface area contributed by atoms with Gasteiger partial charge in [0.25, 0.3) is 11.8 Å². The average molecular weight is 421 g/mol. The van der Waals surface area contributed by atoms with Crippen LogP contribution in [0.4, 0.5) is 23.1 Å². The molecule has 0 aliphatic carbocycles. The zero-order chi connectivity index (χ0) is 22.0. The largest absolute Gasteiger partial charge is 0.494 e. The van der Waals surface area contributed by atoms with E-state index in [4.69, 9.17) is 14.9 Å². The van der Waals surface area contributed by atoms with E-state index in [2.05, 4.69) is 35.9 Å². The lowest BCUT2D eigenvalue weighted by Gasteiger charge is -2.15. The number of aromatic nitrogens is 6. The van der Waals surface area contributed by atoms with Gasteiger partial charge in [0.15, 0.2) is 5.75 Å². The van der Waals surface area contributed by atoms with Gasteiger partial charge in [-0.2, -0.15) is 10.1 Å². The van der Waals surface area contributed by atoms with Crippen LogP contribution in [-0.4, -0.2) is 43.0 Å². The first kappa shape index (κ1) is 19.8. The predicted molar refractivity (Wildman–Crippen MR) is 111 cm³/mol. The Kier molecular flexibility index (Phi) is 5.18. The number of nitrogens with one attached hydrogen (secondary N) is 2. The van der Waals surface area contributed by atoms with Crippen LogP contribution in [0.2, 0.25) is 0 Å². The number of ether oxygens (including phenoxy) is 1. The number of carbonyl (C=O) groups excluding carboxylic acids is 1. The highest BCUT2D eigenvalue weighted by atomic mass is 16.5. The molecular formula is C19H19N9O3. The van der Waals surface area contributed by atoms with Crippen molar-refractivity contribution in [1.82, 2.24) is 29.9 Å². The number of hydrogen-bond donors (Lipinski definition) is 3. The minimum atomic E-state index is -0.682. The first-order valence-corrected chi connectivity index (χ1v) is 9.11. The molecule has 158 valence electrons. The summed E-state index contributed by atoms with van der Waals surface area (Å²) in [4.78, 5) is 20.5. The lowest BCUT2D eigenvalue weighted by Crippen LogP contribution is -2.16. The number of rotatable bonds is 7. The minimum absolute atomic E-state index is 0.109. The van der Waals surface area contributed by atoms with Gasteiger partial charge in [-0.1, -0.05) is 6.07 Å². The number of hydrogen-bond acceptors (Lipinski definition) is 10. The van der Waals surface area contributed by atoms with Crippen molar-refractivity contribution in [3.8, 4) is 17.2 Å². The Morgan fingerprint density at radius 2 is 2.06 bits per heavy atom. The van der Waals surface area contributed by atoms with Gasteiger partial charge in [-0.3, -0.25) is 9.48 Å². The van der Waals surface area contributed by atoms with E-state index >= 15 is 0 Å². The fourth-order valence-electron chi connectivity index (χ4n) is 2.89. The number of amides is 1. The third-order valence-corrected chi connectivity index (χ3v) is 4.24. The Morgan fingerprint density at radius 1 is 1.23 bits per heavy atom. The van der Waals surface area contributed by atoms with Gasteiger partial charge < -0.3 is 25.5 Å². The van der Waals surface area contributed by atoms with Crippen molar-refractivity contribution in [2.45, 2.75) is 6.92 Å². The van der Waals surface area contributed by atoms with Crippen LogP contribution < -0.4 is 21.1 Å². The molecule has 3 heterocycles. The summed E-state index contributed by atoms with van der Waals surface area (Å²) in [5.41, 5.74) is 7.41. The van der Waals surface area contributed by atoms with Crippen molar-refractivity contribution in [1.29, 1.82) is 0 Å². The average Bonchev–Trinajstić information content (AvgIpc) is 3.35. The van der Waals surface area contributed by atoms with Crippen LogP contribution in [-0.2, 0) is 7.05 Å². The Balaban J connectivity index is 1.72. The lowest BCUT2D eigenvalue weighted by atomic mass is 10.1. The van der Waals surface area contributed by atoms with Gasteiger partial charge in [-0.15, -0.1) is 10.2 Å². The second kappa shape index (κ2) is 8.10. The number of methoxy groups -OCH3 is 1. The SMILES string of the molecule is COc1c(Nc2nc(Nc3cnn(C)c3)ncc2C(N)=O)cccc1-c1nnc(C)o1. The molecule has 4 N–H and O–H groups in total. The number of carbonyl (C=O) groups is 1. The number of anilines is 4. The molecule has 0 aliphatic heterocycles. The molecule has 0 saturated heterocycles. The molecule has 0 spiro atoms. The van der Waals surface area contributed by atoms with Crippen molar-refractivity contribution < 1.29 is 13.9 Å². The molecule has 31 heavy (non-hydrogen) atoms. The van der Waals surface area contributed by atoms with Crippen LogP contribution >= 0.6 is 0 Å². The monoisotopic (exact) mass is 421 g/mol. The molecule has 0 atom stereocenters. The summed E-state index contributed by atoms with van der Waals surface area (Å²) in [6.07, 6.45) is 4.72. The second-order valence-electron chi connectivity index (χ2n) is 6.49. The van der Waals surface area contributed by atoms with Crippen molar-refractivity contribution >= 4 is 29.0 Å². The highest BCUT2D eigenvalue weighted by molar-refractivity contribution is 5.98. The zero-order valence-corrected chi connectivity index (χ0v) is 16.9. The van der Waals surface area contributed by atoms with E-state index in [1.54, 1.807) is 49.2 Å². The molecule has 0 fully saturated rings. The molecule has 3 aromatic heterocycles. The number of para-hydroxylation sites is 1. The van der Waals surface area contributed by atoms with E-state index in [-0.39, 0.29) is 17.3 Å². The molecule has 0 radical (unpaired) electrons.